The lowest BCUT2D eigenvalue weighted by atomic mass is 10.1. The second-order valence-electron chi connectivity index (χ2n) is 4.82. The summed E-state index contributed by atoms with van der Waals surface area (Å²) in [7, 11) is 1.65. The molecule has 21 heavy (non-hydrogen) atoms. The SMILES string of the molecule is COCC(Nc1ccc([N+](=O)[O-])c(C)c1)c1ccccc1. The maximum Gasteiger partial charge on any atom is 0.272 e. The molecule has 0 spiro atoms. The highest BCUT2D eigenvalue weighted by molar-refractivity contribution is 5.54. The number of aryl methyl sites for hydroxylation is 1. The van der Waals surface area contributed by atoms with E-state index in [-0.39, 0.29) is 16.7 Å². The van der Waals surface area contributed by atoms with Gasteiger partial charge in [-0.3, -0.25) is 10.1 Å². The van der Waals surface area contributed by atoms with Crippen LogP contribution in [0.3, 0.4) is 0 Å². The number of benzene rings is 2. The van der Waals surface area contributed by atoms with E-state index in [2.05, 4.69) is 5.32 Å². The van der Waals surface area contributed by atoms with Crippen molar-refractivity contribution in [1.82, 2.24) is 0 Å². The van der Waals surface area contributed by atoms with Crippen LogP contribution in [0.2, 0.25) is 0 Å². The molecule has 0 aromatic heterocycles. The lowest BCUT2D eigenvalue weighted by molar-refractivity contribution is -0.385. The van der Waals surface area contributed by atoms with Crippen LogP contribution >= 0.6 is 0 Å². The van der Waals surface area contributed by atoms with Crippen LogP contribution in [-0.2, 0) is 4.74 Å². The molecule has 5 nitrogen and oxygen atoms in total. The zero-order valence-electron chi connectivity index (χ0n) is 12.1. The van der Waals surface area contributed by atoms with E-state index in [1.165, 1.54) is 6.07 Å². The number of nitrogens with zero attached hydrogens (tertiary/aromatic N) is 1. The van der Waals surface area contributed by atoms with Gasteiger partial charge in [0.2, 0.25) is 0 Å². The van der Waals surface area contributed by atoms with E-state index >= 15 is 0 Å². The molecule has 5 heteroatoms. The lowest BCUT2D eigenvalue weighted by Gasteiger charge is -2.20. The third-order valence-corrected chi connectivity index (χ3v) is 3.27. The van der Waals surface area contributed by atoms with Crippen molar-refractivity contribution in [2.75, 3.05) is 19.0 Å². The first-order valence-electron chi connectivity index (χ1n) is 6.67. The summed E-state index contributed by atoms with van der Waals surface area (Å²) >= 11 is 0. The second kappa shape index (κ2) is 6.85. The number of ether oxygens (including phenoxy) is 1. The lowest BCUT2D eigenvalue weighted by Crippen LogP contribution is -2.16. The third-order valence-electron chi connectivity index (χ3n) is 3.27. The third kappa shape index (κ3) is 3.79. The minimum Gasteiger partial charge on any atom is -0.382 e. The molecule has 0 bridgehead atoms. The topological polar surface area (TPSA) is 64.4 Å². The van der Waals surface area contributed by atoms with Crippen molar-refractivity contribution in [3.8, 4) is 0 Å². The Morgan fingerprint density at radius 1 is 1.24 bits per heavy atom. The molecule has 0 radical (unpaired) electrons. The molecule has 2 aromatic rings. The molecule has 0 aliphatic rings. The first-order valence-corrected chi connectivity index (χ1v) is 6.67. The number of methoxy groups -OCH3 is 1. The smallest absolute Gasteiger partial charge is 0.272 e. The van der Waals surface area contributed by atoms with Crippen LogP contribution in [0.15, 0.2) is 48.5 Å². The molecule has 2 aromatic carbocycles. The summed E-state index contributed by atoms with van der Waals surface area (Å²) in [5.74, 6) is 0. The predicted octanol–water partition coefficient (Wildman–Crippen LogP) is 3.70. The van der Waals surface area contributed by atoms with Crippen LogP contribution in [0.5, 0.6) is 0 Å². The van der Waals surface area contributed by atoms with Gasteiger partial charge in [-0.2, -0.15) is 0 Å². The van der Waals surface area contributed by atoms with Crippen molar-refractivity contribution in [2.24, 2.45) is 0 Å². The van der Waals surface area contributed by atoms with Crippen molar-refractivity contribution < 1.29 is 9.66 Å². The van der Waals surface area contributed by atoms with Crippen LogP contribution < -0.4 is 5.32 Å². The summed E-state index contributed by atoms with van der Waals surface area (Å²) < 4.78 is 5.25. The van der Waals surface area contributed by atoms with E-state index in [1.54, 1.807) is 26.2 Å². The Hall–Kier alpha value is -2.40. The van der Waals surface area contributed by atoms with E-state index in [4.69, 9.17) is 4.74 Å². The normalized spacial score (nSPS) is 11.9. The molecule has 0 aliphatic carbocycles. The number of anilines is 1. The molecular weight excluding hydrogens is 268 g/mol. The van der Waals surface area contributed by atoms with Gasteiger partial charge in [-0.1, -0.05) is 30.3 Å². The van der Waals surface area contributed by atoms with Crippen LogP contribution in [0.4, 0.5) is 11.4 Å². The average molecular weight is 286 g/mol. The number of hydrogen-bond donors (Lipinski definition) is 1. The largest absolute Gasteiger partial charge is 0.382 e. The number of nitrogens with one attached hydrogen (secondary N) is 1. The molecule has 1 atom stereocenters. The number of nitro benzene ring substituents is 1. The van der Waals surface area contributed by atoms with Gasteiger partial charge in [0.1, 0.15) is 0 Å². The van der Waals surface area contributed by atoms with Gasteiger partial charge in [0.05, 0.1) is 17.6 Å². The molecule has 2 rings (SSSR count). The van der Waals surface area contributed by atoms with E-state index < -0.39 is 0 Å². The number of hydrogen-bond acceptors (Lipinski definition) is 4. The highest BCUT2D eigenvalue weighted by Crippen LogP contribution is 2.25. The number of rotatable bonds is 6. The Bertz CT molecular complexity index is 614. The van der Waals surface area contributed by atoms with Gasteiger partial charge >= 0.3 is 0 Å². The van der Waals surface area contributed by atoms with Gasteiger partial charge in [0.25, 0.3) is 5.69 Å². The fourth-order valence-corrected chi connectivity index (χ4v) is 2.22. The Balaban J connectivity index is 2.21. The summed E-state index contributed by atoms with van der Waals surface area (Å²) in [5.41, 5.74) is 2.71. The van der Waals surface area contributed by atoms with E-state index in [0.29, 0.717) is 12.2 Å². The quantitative estimate of drug-likeness (QED) is 0.649. The minimum atomic E-state index is -0.372. The molecule has 0 aliphatic heterocycles. The molecule has 0 heterocycles. The van der Waals surface area contributed by atoms with Crippen LogP contribution in [-0.4, -0.2) is 18.6 Å². The molecular formula is C16H18N2O3. The van der Waals surface area contributed by atoms with Gasteiger partial charge < -0.3 is 10.1 Å². The number of nitro groups is 1. The van der Waals surface area contributed by atoms with Crippen molar-refractivity contribution in [1.29, 1.82) is 0 Å². The first-order chi connectivity index (χ1) is 10.1. The highest BCUT2D eigenvalue weighted by atomic mass is 16.6. The predicted molar refractivity (Wildman–Crippen MR) is 82.5 cm³/mol. The van der Waals surface area contributed by atoms with Crippen molar-refractivity contribution in [2.45, 2.75) is 13.0 Å². The Kier molecular flexibility index (Phi) is 4.90. The zero-order valence-corrected chi connectivity index (χ0v) is 12.1. The Morgan fingerprint density at radius 3 is 2.52 bits per heavy atom. The van der Waals surface area contributed by atoms with Gasteiger partial charge in [-0.05, 0) is 24.6 Å². The fourth-order valence-electron chi connectivity index (χ4n) is 2.22. The Morgan fingerprint density at radius 2 is 1.95 bits per heavy atom. The maximum absolute atomic E-state index is 10.8. The molecule has 0 saturated carbocycles. The van der Waals surface area contributed by atoms with Gasteiger partial charge in [0.15, 0.2) is 0 Å². The van der Waals surface area contributed by atoms with E-state index in [1.807, 2.05) is 30.3 Å². The van der Waals surface area contributed by atoms with Crippen molar-refractivity contribution in [3.05, 3.63) is 69.8 Å². The maximum atomic E-state index is 10.8. The fraction of sp³-hybridized carbons (Fsp3) is 0.250. The monoisotopic (exact) mass is 286 g/mol. The highest BCUT2D eigenvalue weighted by Gasteiger charge is 2.14. The summed E-state index contributed by atoms with van der Waals surface area (Å²) in [6.07, 6.45) is 0. The van der Waals surface area contributed by atoms with E-state index in [9.17, 15) is 10.1 Å². The standard InChI is InChI=1S/C16H18N2O3/c1-12-10-14(8-9-16(12)18(19)20)17-15(11-21-2)13-6-4-3-5-7-13/h3-10,15,17H,11H2,1-2H3. The van der Waals surface area contributed by atoms with Gasteiger partial charge in [-0.15, -0.1) is 0 Å². The summed E-state index contributed by atoms with van der Waals surface area (Å²) in [4.78, 5) is 10.5. The van der Waals surface area contributed by atoms with Gasteiger partial charge in [0, 0.05) is 24.4 Å². The molecule has 0 fully saturated rings. The summed E-state index contributed by atoms with van der Waals surface area (Å²) in [5, 5.41) is 14.2. The average Bonchev–Trinajstić information content (AvgIpc) is 2.47. The minimum absolute atomic E-state index is 0.00273. The Labute approximate surface area is 123 Å². The van der Waals surface area contributed by atoms with E-state index in [0.717, 1.165) is 11.3 Å². The van der Waals surface area contributed by atoms with Crippen LogP contribution in [0.1, 0.15) is 17.2 Å². The summed E-state index contributed by atoms with van der Waals surface area (Å²) in [6.45, 7) is 2.25. The molecule has 0 amide bonds. The van der Waals surface area contributed by atoms with Crippen molar-refractivity contribution in [3.63, 3.8) is 0 Å². The molecule has 110 valence electrons. The molecule has 1 N–H and O–H groups in total. The second-order valence-corrected chi connectivity index (χ2v) is 4.82. The summed E-state index contributed by atoms with van der Waals surface area (Å²) in [6, 6.07) is 15.0. The van der Waals surface area contributed by atoms with Crippen LogP contribution in [0.25, 0.3) is 0 Å². The molecule has 1 unspecified atom stereocenters. The van der Waals surface area contributed by atoms with Crippen LogP contribution in [0, 0.1) is 17.0 Å². The van der Waals surface area contributed by atoms with Crippen molar-refractivity contribution >= 4 is 11.4 Å². The zero-order chi connectivity index (χ0) is 15.2. The molecule has 0 saturated heterocycles. The first kappa shape index (κ1) is 15.0. The van der Waals surface area contributed by atoms with Gasteiger partial charge in [-0.25, -0.2) is 0 Å².